The number of fused-ring (bicyclic) bond motifs is 1. The van der Waals surface area contributed by atoms with Gasteiger partial charge >= 0.3 is 0 Å². The van der Waals surface area contributed by atoms with Gasteiger partial charge < -0.3 is 9.84 Å². The SMILES string of the molecule is CC(=O)[C@@H]1CC(=O)C[C@H]2C[C@H](O)[C@H](C)[C@@H](OCc3ccccc3)[C@H]21. The van der Waals surface area contributed by atoms with Crippen LogP contribution in [0.5, 0.6) is 0 Å². The van der Waals surface area contributed by atoms with Crippen molar-refractivity contribution in [3.63, 3.8) is 0 Å². The Hall–Kier alpha value is -1.52. The normalized spacial score (nSPS) is 36.2. The number of rotatable bonds is 4. The molecule has 4 heteroatoms. The molecule has 3 rings (SSSR count). The molecule has 24 heavy (non-hydrogen) atoms. The quantitative estimate of drug-likeness (QED) is 0.922. The Labute approximate surface area is 143 Å². The molecule has 0 heterocycles. The minimum Gasteiger partial charge on any atom is -0.393 e. The molecule has 0 saturated heterocycles. The van der Waals surface area contributed by atoms with E-state index in [9.17, 15) is 14.7 Å². The van der Waals surface area contributed by atoms with E-state index in [1.165, 1.54) is 0 Å². The Bertz CT molecular complexity index is 597. The Morgan fingerprint density at radius 1 is 1.25 bits per heavy atom. The maximum absolute atomic E-state index is 12.1. The fraction of sp³-hybridized carbons (Fsp3) is 0.600. The largest absolute Gasteiger partial charge is 0.393 e. The van der Waals surface area contributed by atoms with Crippen molar-refractivity contribution >= 4 is 11.6 Å². The zero-order chi connectivity index (χ0) is 17.3. The van der Waals surface area contributed by atoms with Crippen LogP contribution in [-0.4, -0.2) is 28.9 Å². The third-order valence-electron chi connectivity index (χ3n) is 5.80. The molecule has 2 aliphatic carbocycles. The second kappa shape index (κ2) is 7.16. The van der Waals surface area contributed by atoms with Crippen molar-refractivity contribution in [3.8, 4) is 0 Å². The summed E-state index contributed by atoms with van der Waals surface area (Å²) >= 11 is 0. The number of carbonyl (C=O) groups excluding carboxylic acids is 2. The fourth-order valence-electron chi connectivity index (χ4n) is 4.50. The number of aliphatic hydroxyl groups excluding tert-OH is 1. The highest BCUT2D eigenvalue weighted by Crippen LogP contribution is 2.46. The van der Waals surface area contributed by atoms with Crippen molar-refractivity contribution in [2.24, 2.45) is 23.7 Å². The van der Waals surface area contributed by atoms with Gasteiger partial charge in [-0.15, -0.1) is 0 Å². The first-order valence-electron chi connectivity index (χ1n) is 8.83. The lowest BCUT2D eigenvalue weighted by Crippen LogP contribution is -2.53. The lowest BCUT2D eigenvalue weighted by atomic mass is 9.59. The van der Waals surface area contributed by atoms with Crippen LogP contribution < -0.4 is 0 Å². The van der Waals surface area contributed by atoms with E-state index in [0.29, 0.717) is 25.9 Å². The molecule has 0 unspecified atom stereocenters. The predicted octanol–water partition coefficient (Wildman–Crippen LogP) is 2.77. The highest BCUT2D eigenvalue weighted by molar-refractivity contribution is 5.88. The summed E-state index contributed by atoms with van der Waals surface area (Å²) in [5, 5.41) is 10.4. The van der Waals surface area contributed by atoms with Gasteiger partial charge in [0.2, 0.25) is 0 Å². The summed E-state index contributed by atoms with van der Waals surface area (Å²) in [5.74, 6) is -0.0265. The Morgan fingerprint density at radius 2 is 1.96 bits per heavy atom. The molecule has 2 aliphatic rings. The summed E-state index contributed by atoms with van der Waals surface area (Å²) in [4.78, 5) is 24.2. The van der Waals surface area contributed by atoms with Gasteiger partial charge in [-0.2, -0.15) is 0 Å². The van der Waals surface area contributed by atoms with Gasteiger partial charge in [-0.1, -0.05) is 37.3 Å². The summed E-state index contributed by atoms with van der Waals surface area (Å²) in [6, 6.07) is 9.92. The van der Waals surface area contributed by atoms with Crippen molar-refractivity contribution in [2.75, 3.05) is 0 Å². The Balaban J connectivity index is 1.82. The molecule has 2 fully saturated rings. The molecule has 0 amide bonds. The minimum atomic E-state index is -0.481. The van der Waals surface area contributed by atoms with Crippen LogP contribution in [0, 0.1) is 23.7 Å². The molecule has 4 nitrogen and oxygen atoms in total. The number of ether oxygens (including phenoxy) is 1. The van der Waals surface area contributed by atoms with Crippen LogP contribution in [0.4, 0.5) is 0 Å². The van der Waals surface area contributed by atoms with Gasteiger partial charge in [-0.25, -0.2) is 0 Å². The highest BCUT2D eigenvalue weighted by Gasteiger charge is 2.50. The number of Topliss-reactive ketones (excluding diaryl/α,β-unsaturated/α-hetero) is 2. The number of ketones is 2. The predicted molar refractivity (Wildman–Crippen MR) is 90.2 cm³/mol. The van der Waals surface area contributed by atoms with Crippen LogP contribution in [0.1, 0.15) is 38.7 Å². The maximum Gasteiger partial charge on any atom is 0.133 e. The summed E-state index contributed by atoms with van der Waals surface area (Å²) in [5.41, 5.74) is 1.08. The molecule has 0 radical (unpaired) electrons. The van der Waals surface area contributed by atoms with Crippen LogP contribution in [0.2, 0.25) is 0 Å². The molecule has 6 atom stereocenters. The number of benzene rings is 1. The smallest absolute Gasteiger partial charge is 0.133 e. The van der Waals surface area contributed by atoms with Crippen molar-refractivity contribution in [3.05, 3.63) is 35.9 Å². The summed E-state index contributed by atoms with van der Waals surface area (Å²) in [6.07, 6.45) is 0.701. The molecular formula is C20H26O4. The topological polar surface area (TPSA) is 63.6 Å². The van der Waals surface area contributed by atoms with Crippen molar-refractivity contribution in [2.45, 2.75) is 51.9 Å². The number of aliphatic hydroxyl groups is 1. The number of carbonyl (C=O) groups is 2. The number of hydrogen-bond donors (Lipinski definition) is 1. The molecule has 0 spiro atoms. The molecule has 130 valence electrons. The second-order valence-corrected chi connectivity index (χ2v) is 7.42. The van der Waals surface area contributed by atoms with E-state index in [0.717, 1.165) is 5.56 Å². The third-order valence-corrected chi connectivity index (χ3v) is 5.80. The van der Waals surface area contributed by atoms with Gasteiger partial charge in [-0.3, -0.25) is 9.59 Å². The molecule has 0 bridgehead atoms. The monoisotopic (exact) mass is 330 g/mol. The molecular weight excluding hydrogens is 304 g/mol. The Morgan fingerprint density at radius 3 is 2.62 bits per heavy atom. The second-order valence-electron chi connectivity index (χ2n) is 7.42. The first-order valence-corrected chi connectivity index (χ1v) is 8.83. The molecule has 1 aromatic carbocycles. The molecule has 1 aromatic rings. The maximum atomic E-state index is 12.1. The Kier molecular flexibility index (Phi) is 5.16. The molecule has 0 aromatic heterocycles. The van der Waals surface area contributed by atoms with E-state index in [1.54, 1.807) is 6.92 Å². The van der Waals surface area contributed by atoms with Crippen molar-refractivity contribution < 1.29 is 19.4 Å². The van der Waals surface area contributed by atoms with Gasteiger partial charge in [-0.05, 0) is 30.7 Å². The lowest BCUT2D eigenvalue weighted by Gasteiger charge is -2.49. The van der Waals surface area contributed by atoms with Gasteiger partial charge in [0.25, 0.3) is 0 Å². The van der Waals surface area contributed by atoms with Gasteiger partial charge in [0, 0.05) is 24.7 Å². The minimum absolute atomic E-state index is 0.0299. The summed E-state index contributed by atoms with van der Waals surface area (Å²) in [6.45, 7) is 4.03. The van der Waals surface area contributed by atoms with Gasteiger partial charge in [0.1, 0.15) is 11.6 Å². The average molecular weight is 330 g/mol. The van der Waals surface area contributed by atoms with Crippen molar-refractivity contribution in [1.29, 1.82) is 0 Å². The first-order chi connectivity index (χ1) is 11.5. The standard InChI is InChI=1S/C20H26O4/c1-12-18(23)9-15-8-16(22)10-17(13(2)21)19(15)20(12)24-11-14-6-4-3-5-7-14/h3-7,12,15,17-20,23H,8-11H2,1-2H3/t12-,15-,17-,18-,19+,20+/m0/s1. The van der Waals surface area contributed by atoms with Gasteiger partial charge in [0.15, 0.2) is 0 Å². The van der Waals surface area contributed by atoms with Crippen LogP contribution in [-0.2, 0) is 20.9 Å². The van der Waals surface area contributed by atoms with E-state index in [-0.39, 0.29) is 41.3 Å². The van der Waals surface area contributed by atoms with E-state index >= 15 is 0 Å². The third kappa shape index (κ3) is 3.45. The van der Waals surface area contributed by atoms with E-state index in [1.807, 2.05) is 37.3 Å². The zero-order valence-corrected chi connectivity index (χ0v) is 14.4. The fourth-order valence-corrected chi connectivity index (χ4v) is 4.50. The summed E-state index contributed by atoms with van der Waals surface area (Å²) in [7, 11) is 0. The molecule has 2 saturated carbocycles. The molecule has 1 N–H and O–H groups in total. The zero-order valence-electron chi connectivity index (χ0n) is 14.4. The summed E-state index contributed by atoms with van der Waals surface area (Å²) < 4.78 is 6.21. The van der Waals surface area contributed by atoms with Crippen LogP contribution in [0.3, 0.4) is 0 Å². The number of hydrogen-bond acceptors (Lipinski definition) is 4. The van der Waals surface area contributed by atoms with Crippen molar-refractivity contribution in [1.82, 2.24) is 0 Å². The van der Waals surface area contributed by atoms with Crippen LogP contribution in [0.25, 0.3) is 0 Å². The van der Waals surface area contributed by atoms with Crippen LogP contribution in [0.15, 0.2) is 30.3 Å². The molecule has 0 aliphatic heterocycles. The van der Waals surface area contributed by atoms with E-state index in [4.69, 9.17) is 4.74 Å². The van der Waals surface area contributed by atoms with E-state index in [2.05, 4.69) is 0 Å². The first kappa shape index (κ1) is 17.3. The van der Waals surface area contributed by atoms with Crippen LogP contribution >= 0.6 is 0 Å². The van der Waals surface area contributed by atoms with Gasteiger partial charge in [0.05, 0.1) is 18.8 Å². The highest BCUT2D eigenvalue weighted by atomic mass is 16.5. The van der Waals surface area contributed by atoms with E-state index < -0.39 is 6.10 Å². The average Bonchev–Trinajstić information content (AvgIpc) is 2.55. The lowest BCUT2D eigenvalue weighted by molar-refractivity contribution is -0.160.